The van der Waals surface area contributed by atoms with Gasteiger partial charge in [-0.05, 0) is 0 Å². The highest BCUT2D eigenvalue weighted by Gasteiger charge is 1.76. The van der Waals surface area contributed by atoms with Crippen molar-refractivity contribution in [1.29, 1.82) is 0 Å². The van der Waals surface area contributed by atoms with Gasteiger partial charge in [-0.1, -0.05) is 0 Å². The highest BCUT2D eigenvalue weighted by molar-refractivity contribution is 4.40. The Bertz CT molecular complexity index is 147. The van der Waals surface area contributed by atoms with Gasteiger partial charge in [-0.25, -0.2) is 4.79 Å². The smallest absolute Gasteiger partial charge is 0.351 e. The molecule has 0 aliphatic heterocycles. The van der Waals surface area contributed by atoms with Gasteiger partial charge in [-0.3, -0.25) is 0 Å². The third-order valence-corrected chi connectivity index (χ3v) is 0.331. The van der Waals surface area contributed by atoms with Crippen LogP contribution in [0.4, 0.5) is 0 Å². The van der Waals surface area contributed by atoms with Crippen LogP contribution in [0.3, 0.4) is 0 Å². The largest absolute Gasteiger partial charge is 0.377 e. The molecule has 4 heteroatoms. The van der Waals surface area contributed by atoms with Crippen LogP contribution in [0.15, 0.2) is 9.32 Å². The minimum absolute atomic E-state index is 0.505. The van der Waals surface area contributed by atoms with Gasteiger partial charge in [-0.2, -0.15) is 5.16 Å². The maximum Gasteiger partial charge on any atom is 0.377 e. The average Bonchev–Trinajstić information content (AvgIpc) is 1.86. The zero-order valence-corrected chi connectivity index (χ0v) is 2.76. The fourth-order valence-corrected chi connectivity index (χ4v) is 0.154. The Hall–Kier alpha value is -1.06. The predicted octanol–water partition coefficient (Wildman–Crippen LogP) is -0.837. The van der Waals surface area contributed by atoms with Crippen LogP contribution in [0, 0.1) is 6.39 Å². The Morgan fingerprint density at radius 1 is 2.00 bits per heavy atom. The van der Waals surface area contributed by atoms with Crippen molar-refractivity contribution in [2.45, 2.75) is 0 Å². The molecule has 0 fully saturated rings. The molecule has 0 unspecified atom stereocenters. The lowest BCUT2D eigenvalue weighted by molar-refractivity contribution is 0.404. The summed E-state index contributed by atoms with van der Waals surface area (Å²) in [6.07, 6.45) is 1.94. The van der Waals surface area contributed by atoms with E-state index in [2.05, 4.69) is 9.51 Å². The minimum Gasteiger partial charge on any atom is -0.351 e. The molecule has 31 valence electrons. The number of aromatic amines is 1. The lowest BCUT2D eigenvalue weighted by atomic mass is 11.3. The standard InChI is InChI=1S/C2HN2O2/c5-2-3-1-6-4-2/h(H,4,5). The molecule has 0 spiro atoms. The Labute approximate surface area is 32.8 Å². The summed E-state index contributed by atoms with van der Waals surface area (Å²) in [5.74, 6) is 0. The van der Waals surface area contributed by atoms with Crippen LogP contribution >= 0.6 is 0 Å². The Balaban J connectivity index is 3.41. The summed E-state index contributed by atoms with van der Waals surface area (Å²) in [6.45, 7) is 0. The van der Waals surface area contributed by atoms with Crippen molar-refractivity contribution in [1.82, 2.24) is 10.1 Å². The van der Waals surface area contributed by atoms with E-state index in [9.17, 15) is 4.79 Å². The fraction of sp³-hybridized carbons (Fsp3) is 0. The number of aromatic nitrogens is 2. The molecule has 0 saturated heterocycles. The van der Waals surface area contributed by atoms with Gasteiger partial charge in [0.2, 0.25) is 0 Å². The quantitative estimate of drug-likeness (QED) is 0.447. The van der Waals surface area contributed by atoms with Crippen LogP contribution in [-0.2, 0) is 0 Å². The SMILES string of the molecule is O=c1n[c]o[nH]1. The van der Waals surface area contributed by atoms with Gasteiger partial charge in [0, 0.05) is 0 Å². The van der Waals surface area contributed by atoms with Gasteiger partial charge in [0.1, 0.15) is 0 Å². The Kier molecular flexibility index (Phi) is 0.506. The molecule has 1 heterocycles. The van der Waals surface area contributed by atoms with Gasteiger partial charge in [0.15, 0.2) is 0 Å². The van der Waals surface area contributed by atoms with E-state index in [-0.39, 0.29) is 0 Å². The molecule has 6 heavy (non-hydrogen) atoms. The third-order valence-electron chi connectivity index (χ3n) is 0.331. The molecule has 1 rings (SSSR count). The average molecular weight is 85.0 g/mol. The summed E-state index contributed by atoms with van der Waals surface area (Å²) in [5, 5.41) is 1.90. The molecule has 0 bridgehead atoms. The van der Waals surface area contributed by atoms with E-state index in [4.69, 9.17) is 0 Å². The van der Waals surface area contributed by atoms with E-state index in [1.807, 2.05) is 11.6 Å². The highest BCUT2D eigenvalue weighted by Crippen LogP contribution is 1.52. The molecule has 1 radical (unpaired) electrons. The van der Waals surface area contributed by atoms with Crippen molar-refractivity contribution in [3.63, 3.8) is 0 Å². The Morgan fingerprint density at radius 2 is 2.83 bits per heavy atom. The predicted molar refractivity (Wildman–Crippen MR) is 16.0 cm³/mol. The van der Waals surface area contributed by atoms with E-state index in [0.29, 0.717) is 0 Å². The molecule has 0 amide bonds. The molecule has 0 saturated carbocycles. The maximum atomic E-state index is 9.78. The molecule has 0 atom stereocenters. The summed E-state index contributed by atoms with van der Waals surface area (Å²) >= 11 is 0. The molecule has 0 aliphatic rings. The third kappa shape index (κ3) is 0.314. The number of rotatable bonds is 0. The van der Waals surface area contributed by atoms with Crippen molar-refractivity contribution in [2.24, 2.45) is 0 Å². The van der Waals surface area contributed by atoms with Crippen molar-refractivity contribution in [3.8, 4) is 0 Å². The molecule has 0 aliphatic carbocycles. The number of hydrogen-bond donors (Lipinski definition) is 1. The molecule has 4 nitrogen and oxygen atoms in total. The lowest BCUT2D eigenvalue weighted by Gasteiger charge is -1.49. The zero-order chi connectivity index (χ0) is 4.41. The van der Waals surface area contributed by atoms with Gasteiger partial charge in [0.05, 0.1) is 0 Å². The van der Waals surface area contributed by atoms with Gasteiger partial charge in [0.25, 0.3) is 0 Å². The van der Waals surface area contributed by atoms with Crippen molar-refractivity contribution < 1.29 is 4.52 Å². The van der Waals surface area contributed by atoms with Crippen LogP contribution in [0.5, 0.6) is 0 Å². The summed E-state index contributed by atoms with van der Waals surface area (Å²) in [5.41, 5.74) is -0.505. The monoisotopic (exact) mass is 85.0 g/mol. The van der Waals surface area contributed by atoms with Crippen LogP contribution in [0.25, 0.3) is 0 Å². The first kappa shape index (κ1) is 3.14. The molecule has 1 N–H and O–H groups in total. The van der Waals surface area contributed by atoms with Crippen LogP contribution in [0.1, 0.15) is 0 Å². The fourth-order valence-electron chi connectivity index (χ4n) is 0.154. The summed E-state index contributed by atoms with van der Waals surface area (Å²) < 4.78 is 4.04. The van der Waals surface area contributed by atoms with E-state index in [0.717, 1.165) is 0 Å². The normalized spacial score (nSPS) is 8.67. The molecule has 1 aromatic heterocycles. The van der Waals surface area contributed by atoms with E-state index < -0.39 is 5.69 Å². The second-order valence-electron chi connectivity index (χ2n) is 0.712. The van der Waals surface area contributed by atoms with Crippen molar-refractivity contribution in [2.75, 3.05) is 0 Å². The molecular weight excluding hydrogens is 84.0 g/mol. The van der Waals surface area contributed by atoms with E-state index >= 15 is 0 Å². The van der Waals surface area contributed by atoms with E-state index in [1.54, 1.807) is 0 Å². The van der Waals surface area contributed by atoms with Gasteiger partial charge in [-0.15, -0.1) is 4.98 Å². The number of nitrogens with zero attached hydrogens (tertiary/aromatic N) is 1. The zero-order valence-electron chi connectivity index (χ0n) is 2.76. The van der Waals surface area contributed by atoms with Gasteiger partial charge < -0.3 is 4.52 Å². The Morgan fingerprint density at radius 3 is 3.00 bits per heavy atom. The second-order valence-corrected chi connectivity index (χ2v) is 0.712. The van der Waals surface area contributed by atoms with Crippen molar-refractivity contribution >= 4 is 0 Å². The summed E-state index contributed by atoms with van der Waals surface area (Å²) in [4.78, 5) is 12.8. The first-order valence-corrected chi connectivity index (χ1v) is 1.31. The number of H-pyrrole nitrogens is 1. The molecule has 0 aromatic carbocycles. The van der Waals surface area contributed by atoms with Gasteiger partial charge >= 0.3 is 12.1 Å². The van der Waals surface area contributed by atoms with Crippen molar-refractivity contribution in [3.05, 3.63) is 16.9 Å². The summed E-state index contributed by atoms with van der Waals surface area (Å²) in [6, 6.07) is 0. The minimum atomic E-state index is -0.505. The number of nitrogens with one attached hydrogen (secondary N) is 1. The maximum absolute atomic E-state index is 9.78. The second kappa shape index (κ2) is 0.965. The van der Waals surface area contributed by atoms with Crippen LogP contribution in [0.2, 0.25) is 0 Å². The van der Waals surface area contributed by atoms with Crippen LogP contribution in [-0.4, -0.2) is 10.1 Å². The number of hydrogen-bond acceptors (Lipinski definition) is 3. The van der Waals surface area contributed by atoms with E-state index in [1.165, 1.54) is 0 Å². The lowest BCUT2D eigenvalue weighted by Crippen LogP contribution is -1.98. The topological polar surface area (TPSA) is 58.9 Å². The first-order chi connectivity index (χ1) is 2.89. The van der Waals surface area contributed by atoms with Crippen LogP contribution < -0.4 is 5.69 Å². The first-order valence-electron chi connectivity index (χ1n) is 1.31. The molecular formula is C2HN2O2. The highest BCUT2D eigenvalue weighted by atomic mass is 16.5. The summed E-state index contributed by atoms with van der Waals surface area (Å²) in [7, 11) is 0. The molecule has 1 aromatic rings.